The van der Waals surface area contributed by atoms with Gasteiger partial charge in [0.15, 0.2) is 5.82 Å². The van der Waals surface area contributed by atoms with E-state index in [9.17, 15) is 9.59 Å². The number of hydrogen-bond acceptors (Lipinski definition) is 5. The highest BCUT2D eigenvalue weighted by Crippen LogP contribution is 2.19. The van der Waals surface area contributed by atoms with Crippen LogP contribution in [-0.4, -0.2) is 28.1 Å². The third-order valence-electron chi connectivity index (χ3n) is 2.26. The van der Waals surface area contributed by atoms with Crippen molar-refractivity contribution in [1.82, 2.24) is 15.2 Å². The van der Waals surface area contributed by atoms with Gasteiger partial charge in [0.05, 0.1) is 10.6 Å². The van der Waals surface area contributed by atoms with Gasteiger partial charge in [-0.15, -0.1) is 0 Å². The maximum absolute atomic E-state index is 11.9. The van der Waals surface area contributed by atoms with E-state index in [0.717, 1.165) is 0 Å². The summed E-state index contributed by atoms with van der Waals surface area (Å²) in [6.07, 6.45) is 1.39. The molecule has 0 saturated carbocycles. The molecule has 0 spiro atoms. The first-order valence-corrected chi connectivity index (χ1v) is 5.68. The third kappa shape index (κ3) is 3.08. The molecule has 1 amide bonds. The molecule has 0 fully saturated rings. The summed E-state index contributed by atoms with van der Waals surface area (Å²) in [5, 5.41) is 11.5. The predicted molar refractivity (Wildman–Crippen MR) is 71.6 cm³/mol. The number of aromatic nitrogens is 3. The lowest BCUT2D eigenvalue weighted by Gasteiger charge is -2.06. The first-order chi connectivity index (χ1) is 9.10. The largest absolute Gasteiger partial charge is 0.372 e. The highest BCUT2D eigenvalue weighted by Gasteiger charge is 2.10. The van der Waals surface area contributed by atoms with E-state index < -0.39 is 5.91 Å². The zero-order valence-electron chi connectivity index (χ0n) is 9.90. The van der Waals surface area contributed by atoms with E-state index in [1.807, 2.05) is 0 Å². The van der Waals surface area contributed by atoms with Crippen LogP contribution >= 0.6 is 11.6 Å². The fraction of sp³-hybridized carbons (Fsp3) is 0.0909. The molecule has 0 saturated heterocycles. The predicted octanol–water partition coefficient (Wildman–Crippen LogP) is 1.11. The van der Waals surface area contributed by atoms with E-state index >= 15 is 0 Å². The van der Waals surface area contributed by atoms with Gasteiger partial charge >= 0.3 is 0 Å². The van der Waals surface area contributed by atoms with Crippen molar-refractivity contribution in [3.8, 4) is 0 Å². The number of rotatable bonds is 3. The molecule has 19 heavy (non-hydrogen) atoms. The van der Waals surface area contributed by atoms with Crippen LogP contribution < -0.4 is 16.2 Å². The van der Waals surface area contributed by atoms with Crippen molar-refractivity contribution in [3.05, 3.63) is 45.3 Å². The van der Waals surface area contributed by atoms with Crippen LogP contribution in [0.1, 0.15) is 10.4 Å². The molecular formula is C11H10ClN5O2. The number of anilines is 2. The van der Waals surface area contributed by atoms with Gasteiger partial charge in [-0.2, -0.15) is 5.10 Å². The molecule has 0 unspecified atom stereocenters. The van der Waals surface area contributed by atoms with Crippen LogP contribution in [0.4, 0.5) is 11.6 Å². The molecular weight excluding hydrogens is 270 g/mol. The number of hydrogen-bond donors (Lipinski definition) is 3. The lowest BCUT2D eigenvalue weighted by molar-refractivity contribution is 0.102. The molecule has 0 aromatic carbocycles. The number of halogens is 1. The Hall–Kier alpha value is -2.41. The van der Waals surface area contributed by atoms with Crippen LogP contribution in [0.3, 0.4) is 0 Å². The van der Waals surface area contributed by atoms with E-state index in [2.05, 4.69) is 25.8 Å². The normalized spacial score (nSPS) is 10.0. The van der Waals surface area contributed by atoms with Gasteiger partial charge in [-0.3, -0.25) is 9.59 Å². The molecule has 0 aliphatic carbocycles. The molecule has 3 N–H and O–H groups in total. The number of carbonyl (C=O) groups excluding carboxylic acids is 1. The van der Waals surface area contributed by atoms with Gasteiger partial charge in [0.1, 0.15) is 5.82 Å². The maximum atomic E-state index is 11.9. The van der Waals surface area contributed by atoms with E-state index in [1.54, 1.807) is 7.05 Å². The average molecular weight is 280 g/mol. The first kappa shape index (κ1) is 13.0. The van der Waals surface area contributed by atoms with Crippen molar-refractivity contribution in [1.29, 1.82) is 0 Å². The van der Waals surface area contributed by atoms with Gasteiger partial charge in [0.2, 0.25) is 0 Å². The monoisotopic (exact) mass is 279 g/mol. The number of nitrogens with one attached hydrogen (secondary N) is 3. The second-order valence-electron chi connectivity index (χ2n) is 3.56. The molecule has 0 atom stereocenters. The topological polar surface area (TPSA) is 99.8 Å². The van der Waals surface area contributed by atoms with Crippen molar-refractivity contribution < 1.29 is 4.79 Å². The summed E-state index contributed by atoms with van der Waals surface area (Å²) in [6, 6.07) is 4.15. The number of carbonyl (C=O) groups is 1. The van der Waals surface area contributed by atoms with Gasteiger partial charge in [0.25, 0.3) is 11.5 Å². The van der Waals surface area contributed by atoms with E-state index in [0.29, 0.717) is 10.8 Å². The Morgan fingerprint density at radius 3 is 2.79 bits per heavy atom. The Labute approximate surface area is 113 Å². The molecule has 2 aromatic rings. The number of amides is 1. The van der Waals surface area contributed by atoms with Gasteiger partial charge < -0.3 is 10.6 Å². The lowest BCUT2D eigenvalue weighted by atomic mass is 10.2. The Kier molecular flexibility index (Phi) is 3.76. The molecule has 0 radical (unpaired) electrons. The number of H-pyrrole nitrogens is 1. The fourth-order valence-corrected chi connectivity index (χ4v) is 1.61. The third-order valence-corrected chi connectivity index (χ3v) is 2.55. The Balaban J connectivity index is 2.18. The molecule has 0 aliphatic rings. The maximum Gasteiger partial charge on any atom is 0.264 e. The van der Waals surface area contributed by atoms with E-state index in [-0.39, 0.29) is 16.9 Å². The highest BCUT2D eigenvalue weighted by molar-refractivity contribution is 6.33. The smallest absolute Gasteiger partial charge is 0.264 e. The fourth-order valence-electron chi connectivity index (χ4n) is 1.35. The van der Waals surface area contributed by atoms with E-state index in [4.69, 9.17) is 11.6 Å². The molecule has 2 aromatic heterocycles. The van der Waals surface area contributed by atoms with Crippen LogP contribution in [0.2, 0.25) is 5.02 Å². The van der Waals surface area contributed by atoms with Gasteiger partial charge in [-0.25, -0.2) is 10.1 Å². The lowest BCUT2D eigenvalue weighted by Crippen LogP contribution is -2.16. The first-order valence-electron chi connectivity index (χ1n) is 5.30. The summed E-state index contributed by atoms with van der Waals surface area (Å²) in [4.78, 5) is 26.7. The summed E-state index contributed by atoms with van der Waals surface area (Å²) >= 11 is 5.93. The van der Waals surface area contributed by atoms with Crippen LogP contribution in [0, 0.1) is 0 Å². The quantitative estimate of drug-likeness (QED) is 0.781. The Bertz CT molecular complexity index is 650. The SMILES string of the molecule is CNc1ncc(C(=O)Nc2ccc(=O)[nH]n2)cc1Cl. The Morgan fingerprint density at radius 2 is 2.21 bits per heavy atom. The van der Waals surface area contributed by atoms with Crippen molar-refractivity contribution >= 4 is 29.1 Å². The van der Waals surface area contributed by atoms with Gasteiger partial charge in [-0.05, 0) is 12.1 Å². The standard InChI is InChI=1S/C11H10ClN5O2/c1-13-10-7(12)4-6(5-14-10)11(19)15-8-2-3-9(18)17-16-8/h2-5H,1H3,(H,13,14)(H,17,18)(H,15,16,19). The minimum absolute atomic E-state index is 0.235. The highest BCUT2D eigenvalue weighted by atomic mass is 35.5. The van der Waals surface area contributed by atoms with E-state index in [1.165, 1.54) is 24.4 Å². The van der Waals surface area contributed by atoms with Crippen molar-refractivity contribution in [2.45, 2.75) is 0 Å². The van der Waals surface area contributed by atoms with Crippen LogP contribution in [0.15, 0.2) is 29.2 Å². The molecule has 7 nitrogen and oxygen atoms in total. The Morgan fingerprint density at radius 1 is 1.42 bits per heavy atom. The molecule has 2 rings (SSSR count). The van der Waals surface area contributed by atoms with Crippen LogP contribution in [-0.2, 0) is 0 Å². The van der Waals surface area contributed by atoms with Crippen LogP contribution in [0.5, 0.6) is 0 Å². The minimum atomic E-state index is -0.420. The molecule has 0 aliphatic heterocycles. The van der Waals surface area contributed by atoms with Crippen LogP contribution in [0.25, 0.3) is 0 Å². The molecule has 2 heterocycles. The molecule has 98 valence electrons. The minimum Gasteiger partial charge on any atom is -0.372 e. The van der Waals surface area contributed by atoms with Crippen molar-refractivity contribution in [2.75, 3.05) is 17.7 Å². The summed E-state index contributed by atoms with van der Waals surface area (Å²) < 4.78 is 0. The summed E-state index contributed by atoms with van der Waals surface area (Å²) in [5.41, 5.74) is -0.0573. The van der Waals surface area contributed by atoms with Crippen molar-refractivity contribution in [3.63, 3.8) is 0 Å². The number of aromatic amines is 1. The summed E-state index contributed by atoms with van der Waals surface area (Å²) in [5.74, 6) is 0.301. The zero-order chi connectivity index (χ0) is 13.8. The van der Waals surface area contributed by atoms with Gasteiger partial charge in [0, 0.05) is 19.3 Å². The summed E-state index contributed by atoms with van der Waals surface area (Å²) in [7, 11) is 1.68. The zero-order valence-corrected chi connectivity index (χ0v) is 10.7. The van der Waals surface area contributed by atoms with Crippen molar-refractivity contribution in [2.24, 2.45) is 0 Å². The number of nitrogens with zero attached hydrogens (tertiary/aromatic N) is 2. The number of pyridine rings is 1. The second-order valence-corrected chi connectivity index (χ2v) is 3.97. The van der Waals surface area contributed by atoms with Gasteiger partial charge in [-0.1, -0.05) is 11.6 Å². The average Bonchev–Trinajstić information content (AvgIpc) is 2.41. The molecule has 0 bridgehead atoms. The summed E-state index contributed by atoms with van der Waals surface area (Å²) in [6.45, 7) is 0. The molecule has 8 heteroatoms. The second kappa shape index (κ2) is 5.49.